The molecule has 2 heterocycles. The Morgan fingerprint density at radius 2 is 1.83 bits per heavy atom. The number of rotatable bonds is 7. The van der Waals surface area contributed by atoms with Gasteiger partial charge < -0.3 is 25.4 Å². The molecule has 0 radical (unpaired) electrons. The van der Waals surface area contributed by atoms with Gasteiger partial charge >= 0.3 is 6.09 Å². The number of hydrogen-bond acceptors (Lipinski definition) is 6. The van der Waals surface area contributed by atoms with Crippen LogP contribution < -0.4 is 10.5 Å². The molecule has 3 N–H and O–H groups in total. The quantitative estimate of drug-likeness (QED) is 0.240. The fourth-order valence-corrected chi connectivity index (χ4v) is 6.97. The van der Waals surface area contributed by atoms with E-state index < -0.39 is 11.9 Å². The van der Waals surface area contributed by atoms with Gasteiger partial charge in [-0.1, -0.05) is 23.7 Å². The van der Waals surface area contributed by atoms with Crippen LogP contribution in [0.4, 0.5) is 15.0 Å². The van der Waals surface area contributed by atoms with E-state index in [0.29, 0.717) is 42.0 Å². The largest absolute Gasteiger partial charge is 0.496 e. The van der Waals surface area contributed by atoms with Crippen molar-refractivity contribution in [2.45, 2.75) is 44.3 Å². The summed E-state index contributed by atoms with van der Waals surface area (Å²) in [6.45, 7) is 0.218. The summed E-state index contributed by atoms with van der Waals surface area (Å²) in [6.07, 6.45) is 3.15. The van der Waals surface area contributed by atoms with Crippen molar-refractivity contribution >= 4 is 50.8 Å². The van der Waals surface area contributed by atoms with Crippen LogP contribution in [0, 0.1) is 5.82 Å². The number of nitrogens with two attached hydrogens (primary N) is 1. The SMILES string of the molecule is COc1ccc(-c2ccc(N)nc2)cc1CN(C(=O)c1sc2cccc(F)c2c1Cl)C1CCC(N(C)C(=O)O)CC1. The van der Waals surface area contributed by atoms with Crippen LogP contribution in [0.5, 0.6) is 5.75 Å². The second-order valence-electron chi connectivity index (χ2n) is 10.1. The Kier molecular flexibility index (Phi) is 8.32. The third-order valence-electron chi connectivity index (χ3n) is 7.76. The predicted octanol–water partition coefficient (Wildman–Crippen LogP) is 6.91. The lowest BCUT2D eigenvalue weighted by molar-refractivity contribution is 0.0555. The van der Waals surface area contributed by atoms with Crippen molar-refractivity contribution < 1.29 is 23.8 Å². The van der Waals surface area contributed by atoms with Gasteiger partial charge in [0.15, 0.2) is 0 Å². The van der Waals surface area contributed by atoms with Crippen molar-refractivity contribution in [2.75, 3.05) is 19.9 Å². The highest BCUT2D eigenvalue weighted by molar-refractivity contribution is 7.21. The van der Waals surface area contributed by atoms with E-state index in [1.165, 1.54) is 22.3 Å². The van der Waals surface area contributed by atoms with Crippen LogP contribution in [0.1, 0.15) is 40.9 Å². The molecule has 0 saturated heterocycles. The van der Waals surface area contributed by atoms with Gasteiger partial charge in [0.1, 0.15) is 22.3 Å². The van der Waals surface area contributed by atoms with E-state index in [1.54, 1.807) is 43.5 Å². The maximum absolute atomic E-state index is 14.7. The third-order valence-corrected chi connectivity index (χ3v) is 9.39. The van der Waals surface area contributed by atoms with Gasteiger partial charge in [0.05, 0.1) is 12.1 Å². The van der Waals surface area contributed by atoms with Gasteiger partial charge in [0.25, 0.3) is 5.91 Å². The van der Waals surface area contributed by atoms with E-state index in [4.69, 9.17) is 22.1 Å². The molecule has 0 aliphatic heterocycles. The molecule has 214 valence electrons. The maximum atomic E-state index is 14.7. The van der Waals surface area contributed by atoms with Gasteiger partial charge in [-0.15, -0.1) is 11.3 Å². The van der Waals surface area contributed by atoms with Crippen molar-refractivity contribution in [3.8, 4) is 16.9 Å². The number of thiophene rings is 1. The lowest BCUT2D eigenvalue weighted by atomic mass is 9.89. The van der Waals surface area contributed by atoms with Gasteiger partial charge in [0, 0.05) is 53.1 Å². The second kappa shape index (κ2) is 11.9. The molecule has 1 aliphatic rings. The summed E-state index contributed by atoms with van der Waals surface area (Å²) >= 11 is 7.80. The van der Waals surface area contributed by atoms with Gasteiger partial charge in [-0.25, -0.2) is 14.2 Å². The van der Waals surface area contributed by atoms with Gasteiger partial charge in [-0.2, -0.15) is 0 Å². The zero-order valence-electron chi connectivity index (χ0n) is 22.6. The standard InChI is InChI=1S/C30H30ClFN4O4S/c1-35(30(38)39)20-8-10-21(11-9-20)36(29(37)28-27(31)26-22(32)4-3-5-24(26)41-28)16-19-14-17(6-12-23(19)40-2)18-7-13-25(33)34-15-18/h3-7,12-15,20-21H,8-11,16H2,1-2H3,(H2,33,34)(H,38,39). The molecule has 1 fully saturated rings. The highest BCUT2D eigenvalue weighted by atomic mass is 35.5. The fourth-order valence-electron chi connectivity index (χ4n) is 5.46. The van der Waals surface area contributed by atoms with Crippen molar-refractivity contribution in [1.29, 1.82) is 0 Å². The van der Waals surface area contributed by atoms with E-state index in [2.05, 4.69) is 4.98 Å². The molecule has 11 heteroatoms. The molecule has 5 rings (SSSR count). The van der Waals surface area contributed by atoms with E-state index in [1.807, 2.05) is 24.3 Å². The summed E-state index contributed by atoms with van der Waals surface area (Å²) < 4.78 is 20.9. The van der Waals surface area contributed by atoms with Crippen molar-refractivity contribution in [2.24, 2.45) is 0 Å². The number of aromatic nitrogens is 1. The Bertz CT molecular complexity index is 1590. The smallest absolute Gasteiger partial charge is 0.407 e. The molecule has 0 atom stereocenters. The first-order chi connectivity index (χ1) is 19.7. The zero-order chi connectivity index (χ0) is 29.3. The van der Waals surface area contributed by atoms with Crippen LogP contribution in [-0.4, -0.2) is 58.1 Å². The molecule has 4 aromatic rings. The number of pyridine rings is 1. The van der Waals surface area contributed by atoms with Crippen LogP contribution >= 0.6 is 22.9 Å². The van der Waals surface area contributed by atoms with Gasteiger partial charge in [-0.3, -0.25) is 4.79 Å². The number of ether oxygens (including phenoxy) is 1. The van der Waals surface area contributed by atoms with Crippen LogP contribution in [0.25, 0.3) is 21.2 Å². The summed E-state index contributed by atoms with van der Waals surface area (Å²) in [5, 5.41) is 9.79. The number of nitrogen functional groups attached to an aromatic ring is 1. The number of nitrogens with zero attached hydrogens (tertiary/aromatic N) is 3. The number of carbonyl (C=O) groups excluding carboxylic acids is 1. The van der Waals surface area contributed by atoms with Crippen molar-refractivity contribution in [3.05, 3.63) is 76.0 Å². The predicted molar refractivity (Wildman–Crippen MR) is 159 cm³/mol. The molecule has 2 amide bonds. The number of amides is 2. The van der Waals surface area contributed by atoms with Crippen LogP contribution in [-0.2, 0) is 6.54 Å². The van der Waals surface area contributed by atoms with Crippen LogP contribution in [0.3, 0.4) is 0 Å². The van der Waals surface area contributed by atoms with Crippen LogP contribution in [0.15, 0.2) is 54.7 Å². The summed E-state index contributed by atoms with van der Waals surface area (Å²) in [4.78, 5) is 33.3. The number of fused-ring (bicyclic) bond motifs is 1. The lowest BCUT2D eigenvalue weighted by Crippen LogP contribution is -2.46. The fraction of sp³-hybridized carbons (Fsp3) is 0.300. The summed E-state index contributed by atoms with van der Waals surface area (Å²) in [7, 11) is 3.15. The molecule has 2 aromatic carbocycles. The molecule has 1 aliphatic carbocycles. The number of carboxylic acid groups (broad SMARTS) is 1. The molecular weight excluding hydrogens is 567 g/mol. The lowest BCUT2D eigenvalue weighted by Gasteiger charge is -2.39. The third kappa shape index (κ3) is 5.80. The normalized spacial score (nSPS) is 16.9. The number of methoxy groups -OCH3 is 1. The summed E-state index contributed by atoms with van der Waals surface area (Å²) in [5.74, 6) is 0.257. The molecule has 0 bridgehead atoms. The highest BCUT2D eigenvalue weighted by Gasteiger charge is 2.34. The first kappa shape index (κ1) is 28.6. The average molecular weight is 597 g/mol. The molecule has 2 aromatic heterocycles. The molecule has 8 nitrogen and oxygen atoms in total. The van der Waals surface area contributed by atoms with Crippen LogP contribution in [0.2, 0.25) is 5.02 Å². The minimum Gasteiger partial charge on any atom is -0.496 e. The van der Waals surface area contributed by atoms with E-state index in [0.717, 1.165) is 16.7 Å². The average Bonchev–Trinajstić information content (AvgIpc) is 3.32. The maximum Gasteiger partial charge on any atom is 0.407 e. The number of anilines is 1. The van der Waals surface area contributed by atoms with Crippen molar-refractivity contribution in [1.82, 2.24) is 14.8 Å². The zero-order valence-corrected chi connectivity index (χ0v) is 24.2. The highest BCUT2D eigenvalue weighted by Crippen LogP contribution is 2.39. The topological polar surface area (TPSA) is 109 Å². The number of halogens is 2. The monoisotopic (exact) mass is 596 g/mol. The molecule has 41 heavy (non-hydrogen) atoms. The van der Waals surface area contributed by atoms with E-state index in [-0.39, 0.29) is 39.8 Å². The number of benzene rings is 2. The van der Waals surface area contributed by atoms with E-state index in [9.17, 15) is 19.1 Å². The Morgan fingerprint density at radius 3 is 2.46 bits per heavy atom. The van der Waals surface area contributed by atoms with Crippen molar-refractivity contribution in [3.63, 3.8) is 0 Å². The summed E-state index contributed by atoms with van der Waals surface area (Å²) in [6, 6.07) is 13.7. The minimum atomic E-state index is -0.973. The first-order valence-electron chi connectivity index (χ1n) is 13.2. The minimum absolute atomic E-state index is 0.103. The molecular formula is C30H30ClFN4O4S. The molecule has 0 unspecified atom stereocenters. The molecule has 1 saturated carbocycles. The Morgan fingerprint density at radius 1 is 1.12 bits per heavy atom. The number of carbonyl (C=O) groups is 2. The second-order valence-corrected chi connectivity index (χ2v) is 11.6. The summed E-state index contributed by atoms with van der Waals surface area (Å²) in [5.41, 5.74) is 8.29. The van der Waals surface area contributed by atoms with E-state index >= 15 is 0 Å². The Balaban J connectivity index is 1.52. The Labute approximate surface area is 246 Å². The van der Waals surface area contributed by atoms with Gasteiger partial charge in [-0.05, 0) is 67.6 Å². The Hall–Kier alpha value is -3.89. The number of hydrogen-bond donors (Lipinski definition) is 2. The van der Waals surface area contributed by atoms with Gasteiger partial charge in [0.2, 0.25) is 0 Å². The molecule has 0 spiro atoms. The first-order valence-corrected chi connectivity index (χ1v) is 14.4.